The van der Waals surface area contributed by atoms with E-state index in [2.05, 4.69) is 36.1 Å². The smallest absolute Gasteiger partial charge is 0.227 e. The second kappa shape index (κ2) is 7.54. The van der Waals surface area contributed by atoms with Crippen molar-refractivity contribution in [3.63, 3.8) is 0 Å². The second-order valence-electron chi connectivity index (χ2n) is 6.40. The van der Waals surface area contributed by atoms with Gasteiger partial charge in [-0.05, 0) is 24.6 Å². The molecular weight excluding hydrogens is 330 g/mol. The number of nitriles is 1. The maximum atomic E-state index is 9.27. The van der Waals surface area contributed by atoms with Gasteiger partial charge in [-0.25, -0.2) is 9.97 Å². The molecule has 1 unspecified atom stereocenters. The predicted molar refractivity (Wildman–Crippen MR) is 98.3 cm³/mol. The van der Waals surface area contributed by atoms with Crippen molar-refractivity contribution in [2.45, 2.75) is 12.5 Å². The monoisotopic (exact) mass is 351 g/mol. The quantitative estimate of drug-likeness (QED) is 0.881. The number of anilines is 3. The third kappa shape index (κ3) is 3.53. The van der Waals surface area contributed by atoms with Crippen molar-refractivity contribution in [3.05, 3.63) is 36.2 Å². The zero-order chi connectivity index (χ0) is 17.8. The van der Waals surface area contributed by atoms with Crippen molar-refractivity contribution in [1.29, 1.82) is 5.26 Å². The fourth-order valence-corrected chi connectivity index (χ4v) is 3.36. The molecule has 0 radical (unpaired) electrons. The molecule has 2 aromatic heterocycles. The highest BCUT2D eigenvalue weighted by Crippen LogP contribution is 2.23. The first-order chi connectivity index (χ1) is 12.8. The largest absolute Gasteiger partial charge is 0.378 e. The van der Waals surface area contributed by atoms with E-state index in [0.717, 1.165) is 50.2 Å². The minimum atomic E-state index is 0.260. The van der Waals surface area contributed by atoms with Crippen LogP contribution < -0.4 is 15.1 Å². The topological polar surface area (TPSA) is 90.2 Å². The van der Waals surface area contributed by atoms with E-state index in [9.17, 15) is 5.26 Å². The molecule has 1 atom stereocenters. The summed E-state index contributed by atoms with van der Waals surface area (Å²) in [4.78, 5) is 17.7. The number of ether oxygens (including phenoxy) is 1. The third-order valence-corrected chi connectivity index (χ3v) is 4.68. The van der Waals surface area contributed by atoms with Crippen molar-refractivity contribution in [2.75, 3.05) is 54.5 Å². The predicted octanol–water partition coefficient (Wildman–Crippen LogP) is 1.27. The summed E-state index contributed by atoms with van der Waals surface area (Å²) in [6, 6.07) is 7.98. The third-order valence-electron chi connectivity index (χ3n) is 4.68. The molecule has 0 saturated carbocycles. The van der Waals surface area contributed by atoms with Crippen molar-refractivity contribution in [1.82, 2.24) is 15.0 Å². The summed E-state index contributed by atoms with van der Waals surface area (Å²) in [5.41, 5.74) is 0.616. The zero-order valence-corrected chi connectivity index (χ0v) is 14.5. The van der Waals surface area contributed by atoms with Crippen molar-refractivity contribution >= 4 is 17.6 Å². The SMILES string of the molecule is N#Cc1cccnc1N1CCC(Nc2ccnc(N3CCOCC3)n2)C1. The molecule has 4 rings (SSSR count). The molecule has 0 aliphatic carbocycles. The first kappa shape index (κ1) is 16.5. The fourth-order valence-electron chi connectivity index (χ4n) is 3.36. The van der Waals surface area contributed by atoms with Gasteiger partial charge in [0.2, 0.25) is 5.95 Å². The van der Waals surface area contributed by atoms with Crippen LogP contribution in [0.5, 0.6) is 0 Å². The van der Waals surface area contributed by atoms with E-state index in [1.807, 2.05) is 12.1 Å². The summed E-state index contributed by atoms with van der Waals surface area (Å²) < 4.78 is 5.38. The lowest BCUT2D eigenvalue weighted by Crippen LogP contribution is -2.37. The molecule has 1 N–H and O–H groups in total. The fraction of sp³-hybridized carbons (Fsp3) is 0.444. The van der Waals surface area contributed by atoms with Crippen LogP contribution in [0, 0.1) is 11.3 Å². The molecule has 2 aliphatic heterocycles. The lowest BCUT2D eigenvalue weighted by molar-refractivity contribution is 0.122. The summed E-state index contributed by atoms with van der Waals surface area (Å²) in [5, 5.41) is 12.8. The molecule has 2 saturated heterocycles. The van der Waals surface area contributed by atoms with Gasteiger partial charge in [0.25, 0.3) is 0 Å². The maximum Gasteiger partial charge on any atom is 0.227 e. The highest BCUT2D eigenvalue weighted by atomic mass is 16.5. The van der Waals surface area contributed by atoms with Crippen molar-refractivity contribution in [2.24, 2.45) is 0 Å². The van der Waals surface area contributed by atoms with Crippen LogP contribution in [0.3, 0.4) is 0 Å². The average Bonchev–Trinajstić information content (AvgIpc) is 3.17. The highest BCUT2D eigenvalue weighted by molar-refractivity contribution is 5.55. The number of nitrogens with zero attached hydrogens (tertiary/aromatic N) is 6. The standard InChI is InChI=1S/C18H21N7O/c19-12-14-2-1-5-20-17(14)25-7-4-15(13-25)22-16-3-6-21-18(23-16)24-8-10-26-11-9-24/h1-3,5-6,15H,4,7-11,13H2,(H,21,22,23). The molecule has 8 nitrogen and oxygen atoms in total. The van der Waals surface area contributed by atoms with Gasteiger partial charge in [-0.2, -0.15) is 10.2 Å². The number of nitrogens with one attached hydrogen (secondary N) is 1. The van der Waals surface area contributed by atoms with Gasteiger partial charge in [-0.1, -0.05) is 0 Å². The molecule has 0 aromatic carbocycles. The average molecular weight is 351 g/mol. The zero-order valence-electron chi connectivity index (χ0n) is 14.5. The summed E-state index contributed by atoms with van der Waals surface area (Å²) in [7, 11) is 0. The Hall–Kier alpha value is -2.92. The lowest BCUT2D eigenvalue weighted by Gasteiger charge is -2.27. The number of pyridine rings is 1. The summed E-state index contributed by atoms with van der Waals surface area (Å²) in [6.45, 7) is 4.72. The van der Waals surface area contributed by atoms with Crippen LogP contribution in [0.1, 0.15) is 12.0 Å². The highest BCUT2D eigenvalue weighted by Gasteiger charge is 2.25. The van der Waals surface area contributed by atoms with Crippen molar-refractivity contribution < 1.29 is 4.74 Å². The van der Waals surface area contributed by atoms with E-state index in [4.69, 9.17) is 4.74 Å². The number of hydrogen-bond acceptors (Lipinski definition) is 8. The van der Waals surface area contributed by atoms with Crippen molar-refractivity contribution in [3.8, 4) is 6.07 Å². The second-order valence-corrected chi connectivity index (χ2v) is 6.40. The number of morpholine rings is 1. The molecular formula is C18H21N7O. The molecule has 0 bridgehead atoms. The van der Waals surface area contributed by atoms with E-state index in [-0.39, 0.29) is 6.04 Å². The van der Waals surface area contributed by atoms with E-state index in [1.165, 1.54) is 0 Å². The van der Waals surface area contributed by atoms with E-state index < -0.39 is 0 Å². The van der Waals surface area contributed by atoms with Crippen LogP contribution in [-0.2, 0) is 4.74 Å². The molecule has 2 aliphatic rings. The summed E-state index contributed by atoms with van der Waals surface area (Å²) >= 11 is 0. The molecule has 8 heteroatoms. The lowest BCUT2D eigenvalue weighted by atomic mass is 10.2. The molecule has 2 aromatic rings. The molecule has 4 heterocycles. The summed E-state index contributed by atoms with van der Waals surface area (Å²) in [5.74, 6) is 2.33. The van der Waals surface area contributed by atoms with Gasteiger partial charge in [-0.3, -0.25) is 0 Å². The Labute approximate surface area is 152 Å². The van der Waals surface area contributed by atoms with Crippen LogP contribution in [0.15, 0.2) is 30.6 Å². The van der Waals surface area contributed by atoms with Gasteiger partial charge < -0.3 is 19.9 Å². The van der Waals surface area contributed by atoms with Crippen LogP contribution in [0.25, 0.3) is 0 Å². The van der Waals surface area contributed by atoms with Gasteiger partial charge in [-0.15, -0.1) is 0 Å². The first-order valence-electron chi connectivity index (χ1n) is 8.86. The Morgan fingerprint density at radius 2 is 2.00 bits per heavy atom. The Balaban J connectivity index is 1.42. The number of aromatic nitrogens is 3. The van der Waals surface area contributed by atoms with E-state index in [0.29, 0.717) is 18.8 Å². The van der Waals surface area contributed by atoms with Gasteiger partial charge >= 0.3 is 0 Å². The normalized spacial score (nSPS) is 20.0. The molecule has 26 heavy (non-hydrogen) atoms. The molecule has 134 valence electrons. The summed E-state index contributed by atoms with van der Waals surface area (Å²) in [6.07, 6.45) is 4.49. The minimum absolute atomic E-state index is 0.260. The van der Waals surface area contributed by atoms with Gasteiger partial charge in [0.05, 0.1) is 18.8 Å². The van der Waals surface area contributed by atoms with E-state index >= 15 is 0 Å². The Morgan fingerprint density at radius 1 is 1.12 bits per heavy atom. The van der Waals surface area contributed by atoms with Crippen LogP contribution in [0.2, 0.25) is 0 Å². The van der Waals surface area contributed by atoms with E-state index in [1.54, 1.807) is 18.5 Å². The Kier molecular flexibility index (Phi) is 4.80. The first-order valence-corrected chi connectivity index (χ1v) is 8.86. The maximum absolute atomic E-state index is 9.27. The Morgan fingerprint density at radius 3 is 2.85 bits per heavy atom. The van der Waals surface area contributed by atoms with Crippen LogP contribution in [-0.4, -0.2) is 60.4 Å². The number of hydrogen-bond donors (Lipinski definition) is 1. The minimum Gasteiger partial charge on any atom is -0.378 e. The molecule has 2 fully saturated rings. The van der Waals surface area contributed by atoms with Crippen LogP contribution >= 0.6 is 0 Å². The van der Waals surface area contributed by atoms with Gasteiger partial charge in [0, 0.05) is 44.6 Å². The molecule has 0 amide bonds. The van der Waals surface area contributed by atoms with Crippen LogP contribution in [0.4, 0.5) is 17.6 Å². The Bertz CT molecular complexity index is 800. The number of rotatable bonds is 4. The molecule has 0 spiro atoms. The van der Waals surface area contributed by atoms with Gasteiger partial charge in [0.15, 0.2) is 0 Å². The van der Waals surface area contributed by atoms with Gasteiger partial charge in [0.1, 0.15) is 17.7 Å².